The summed E-state index contributed by atoms with van der Waals surface area (Å²) in [7, 11) is 1.53. The second-order valence-electron chi connectivity index (χ2n) is 5.55. The van der Waals surface area contributed by atoms with Crippen LogP contribution in [0.3, 0.4) is 0 Å². The molecule has 2 amide bonds. The van der Waals surface area contributed by atoms with Crippen LogP contribution < -0.4 is 15.4 Å². The van der Waals surface area contributed by atoms with Gasteiger partial charge in [-0.3, -0.25) is 9.59 Å². The van der Waals surface area contributed by atoms with Crippen LogP contribution in [0.4, 0.5) is 5.69 Å². The highest BCUT2D eigenvalue weighted by atomic mass is 32.1. The molecule has 0 spiro atoms. The minimum atomic E-state index is -0.433. The quantitative estimate of drug-likeness (QED) is 0.633. The third-order valence-corrected chi connectivity index (χ3v) is 4.53. The molecule has 0 bridgehead atoms. The molecular formula is C21H18N2O3S. The zero-order valence-electron chi connectivity index (χ0n) is 14.6. The molecule has 2 aromatic carbocycles. The topological polar surface area (TPSA) is 67.4 Å². The highest BCUT2D eigenvalue weighted by Gasteiger charge is 2.16. The molecule has 0 aliphatic rings. The molecule has 5 nitrogen and oxygen atoms in total. The van der Waals surface area contributed by atoms with Crippen LogP contribution in [0.1, 0.15) is 15.2 Å². The number of nitrogens with one attached hydrogen (secondary N) is 2. The first-order valence-corrected chi connectivity index (χ1v) is 9.11. The molecule has 0 saturated carbocycles. The van der Waals surface area contributed by atoms with Crippen molar-refractivity contribution in [3.05, 3.63) is 88.2 Å². The van der Waals surface area contributed by atoms with Crippen LogP contribution in [0.25, 0.3) is 6.08 Å². The molecule has 0 fully saturated rings. The van der Waals surface area contributed by atoms with Gasteiger partial charge in [-0.1, -0.05) is 36.4 Å². The Kier molecular flexibility index (Phi) is 6.02. The Hall–Kier alpha value is -3.38. The number of carbonyl (C=O) groups excluding carboxylic acids is 2. The van der Waals surface area contributed by atoms with E-state index in [4.69, 9.17) is 4.74 Å². The van der Waals surface area contributed by atoms with Crippen LogP contribution in [-0.4, -0.2) is 18.9 Å². The lowest BCUT2D eigenvalue weighted by molar-refractivity contribution is -0.113. The fourth-order valence-corrected chi connectivity index (χ4v) is 3.05. The average Bonchev–Trinajstić information content (AvgIpc) is 3.21. The van der Waals surface area contributed by atoms with Gasteiger partial charge in [0.25, 0.3) is 11.8 Å². The maximum atomic E-state index is 12.8. The number of anilines is 1. The number of ether oxygens (including phenoxy) is 1. The molecular weight excluding hydrogens is 360 g/mol. The highest BCUT2D eigenvalue weighted by molar-refractivity contribution is 7.10. The van der Waals surface area contributed by atoms with Gasteiger partial charge in [0.05, 0.1) is 12.8 Å². The maximum absolute atomic E-state index is 12.8. The smallest absolute Gasteiger partial charge is 0.272 e. The fourth-order valence-electron chi connectivity index (χ4n) is 2.40. The Bertz CT molecular complexity index is 951. The standard InChI is InChI=1S/C21H18N2O3S/c1-26-19-12-6-5-11-17(19)22-21(25)18(14-16-10-7-13-27-16)23-20(24)15-8-3-2-4-9-15/h2-14H,1H3,(H,22,25)(H,23,24)/b18-14+. The minimum absolute atomic E-state index is 0.150. The van der Waals surface area contributed by atoms with Crippen LogP contribution >= 0.6 is 11.3 Å². The van der Waals surface area contributed by atoms with Gasteiger partial charge in [-0.15, -0.1) is 11.3 Å². The summed E-state index contributed by atoms with van der Waals surface area (Å²) in [5, 5.41) is 7.40. The first-order valence-electron chi connectivity index (χ1n) is 8.23. The van der Waals surface area contributed by atoms with Gasteiger partial charge >= 0.3 is 0 Å². The Labute approximate surface area is 161 Å². The average molecular weight is 378 g/mol. The predicted molar refractivity (Wildman–Crippen MR) is 108 cm³/mol. The molecule has 6 heteroatoms. The molecule has 0 atom stereocenters. The van der Waals surface area contributed by atoms with Gasteiger partial charge in [0.15, 0.2) is 0 Å². The van der Waals surface area contributed by atoms with Crippen molar-refractivity contribution in [2.75, 3.05) is 12.4 Å². The lowest BCUT2D eigenvalue weighted by Gasteiger charge is -2.13. The number of methoxy groups -OCH3 is 1. The van der Waals surface area contributed by atoms with Crippen LogP contribution in [0.2, 0.25) is 0 Å². The number of hydrogen-bond donors (Lipinski definition) is 2. The number of amides is 2. The molecule has 0 saturated heterocycles. The van der Waals surface area contributed by atoms with Crippen molar-refractivity contribution in [2.24, 2.45) is 0 Å². The van der Waals surface area contributed by atoms with Crippen molar-refractivity contribution in [1.29, 1.82) is 0 Å². The predicted octanol–water partition coefficient (Wildman–Crippen LogP) is 4.17. The summed E-state index contributed by atoms with van der Waals surface area (Å²) < 4.78 is 5.26. The molecule has 27 heavy (non-hydrogen) atoms. The summed E-state index contributed by atoms with van der Waals surface area (Å²) in [5.74, 6) is -0.249. The monoisotopic (exact) mass is 378 g/mol. The van der Waals surface area contributed by atoms with E-state index in [1.165, 1.54) is 18.4 Å². The molecule has 1 heterocycles. The van der Waals surface area contributed by atoms with E-state index in [9.17, 15) is 9.59 Å². The SMILES string of the molecule is COc1ccccc1NC(=O)/C(=C\c1cccs1)NC(=O)c1ccccc1. The Morgan fingerprint density at radius 1 is 0.963 bits per heavy atom. The van der Waals surface area contributed by atoms with Crippen molar-refractivity contribution in [2.45, 2.75) is 0 Å². The van der Waals surface area contributed by atoms with Crippen LogP contribution in [0.15, 0.2) is 77.8 Å². The lowest BCUT2D eigenvalue weighted by Crippen LogP contribution is -2.30. The lowest BCUT2D eigenvalue weighted by atomic mass is 10.2. The summed E-state index contributed by atoms with van der Waals surface area (Å²) in [6.07, 6.45) is 1.65. The van der Waals surface area contributed by atoms with Crippen molar-refractivity contribution in [3.63, 3.8) is 0 Å². The first-order chi connectivity index (χ1) is 13.2. The third-order valence-electron chi connectivity index (χ3n) is 3.71. The number of rotatable bonds is 6. The molecule has 1 aromatic heterocycles. The fraction of sp³-hybridized carbons (Fsp3) is 0.0476. The van der Waals surface area contributed by atoms with Gasteiger partial charge in [-0.25, -0.2) is 0 Å². The summed E-state index contributed by atoms with van der Waals surface area (Å²) in [5.41, 5.74) is 1.15. The maximum Gasteiger partial charge on any atom is 0.272 e. The van der Waals surface area contributed by atoms with Gasteiger partial charge in [-0.2, -0.15) is 0 Å². The second-order valence-corrected chi connectivity index (χ2v) is 6.53. The zero-order chi connectivity index (χ0) is 19.1. The minimum Gasteiger partial charge on any atom is -0.495 e. The van der Waals surface area contributed by atoms with Gasteiger partial charge in [0.2, 0.25) is 0 Å². The molecule has 3 rings (SSSR count). The normalized spacial score (nSPS) is 10.9. The van der Waals surface area contributed by atoms with E-state index in [0.29, 0.717) is 17.0 Å². The Morgan fingerprint density at radius 2 is 1.70 bits per heavy atom. The number of para-hydroxylation sites is 2. The van der Waals surface area contributed by atoms with E-state index in [0.717, 1.165) is 4.88 Å². The molecule has 3 aromatic rings. The summed E-state index contributed by atoms with van der Waals surface area (Å²) >= 11 is 1.47. The second kappa shape index (κ2) is 8.82. The van der Waals surface area contributed by atoms with E-state index >= 15 is 0 Å². The van der Waals surface area contributed by atoms with E-state index in [2.05, 4.69) is 10.6 Å². The van der Waals surface area contributed by atoms with E-state index < -0.39 is 5.91 Å². The van der Waals surface area contributed by atoms with Gasteiger partial charge in [-0.05, 0) is 41.8 Å². The Morgan fingerprint density at radius 3 is 2.41 bits per heavy atom. The van der Waals surface area contributed by atoms with E-state index in [1.54, 1.807) is 48.5 Å². The molecule has 2 N–H and O–H groups in total. The summed E-state index contributed by atoms with van der Waals surface area (Å²) in [6, 6.07) is 19.6. The first kappa shape index (κ1) is 18.4. The summed E-state index contributed by atoms with van der Waals surface area (Å²) in [4.78, 5) is 26.2. The molecule has 0 aliphatic carbocycles. The third kappa shape index (κ3) is 4.83. The molecule has 136 valence electrons. The number of hydrogen-bond acceptors (Lipinski definition) is 4. The highest BCUT2D eigenvalue weighted by Crippen LogP contribution is 2.24. The number of thiophene rings is 1. The van der Waals surface area contributed by atoms with Gasteiger partial charge in [0.1, 0.15) is 11.4 Å². The summed E-state index contributed by atoms with van der Waals surface area (Å²) in [6.45, 7) is 0. The molecule has 0 unspecified atom stereocenters. The van der Waals surface area contributed by atoms with Crippen molar-refractivity contribution in [1.82, 2.24) is 5.32 Å². The zero-order valence-corrected chi connectivity index (χ0v) is 15.5. The van der Waals surface area contributed by atoms with Crippen LogP contribution in [-0.2, 0) is 4.79 Å². The largest absolute Gasteiger partial charge is 0.495 e. The Balaban J connectivity index is 1.86. The van der Waals surface area contributed by atoms with Crippen LogP contribution in [0.5, 0.6) is 5.75 Å². The number of carbonyl (C=O) groups is 2. The molecule has 0 aliphatic heterocycles. The van der Waals surface area contributed by atoms with E-state index in [1.807, 2.05) is 29.6 Å². The van der Waals surface area contributed by atoms with Gasteiger partial charge in [0, 0.05) is 10.4 Å². The van der Waals surface area contributed by atoms with Crippen molar-refractivity contribution < 1.29 is 14.3 Å². The van der Waals surface area contributed by atoms with E-state index in [-0.39, 0.29) is 11.6 Å². The van der Waals surface area contributed by atoms with Crippen LogP contribution in [0, 0.1) is 0 Å². The van der Waals surface area contributed by atoms with Gasteiger partial charge < -0.3 is 15.4 Å². The van der Waals surface area contributed by atoms with Crippen molar-refractivity contribution >= 4 is 34.9 Å². The number of benzene rings is 2. The molecule has 0 radical (unpaired) electrons. The van der Waals surface area contributed by atoms with Crippen molar-refractivity contribution in [3.8, 4) is 5.75 Å².